The molecule has 0 unspecified atom stereocenters. The van der Waals surface area contributed by atoms with Gasteiger partial charge in [0.05, 0.1) is 11.0 Å². The second-order valence-electron chi connectivity index (χ2n) is 6.04. The first-order valence-corrected chi connectivity index (χ1v) is 9.40. The first-order chi connectivity index (χ1) is 10.4. The van der Waals surface area contributed by atoms with Crippen molar-refractivity contribution in [3.8, 4) is 0 Å². The summed E-state index contributed by atoms with van der Waals surface area (Å²) in [5, 5.41) is 5.05. The highest BCUT2D eigenvalue weighted by atomic mass is 32.2. The molecular weight excluding hydrogens is 300 g/mol. The van der Waals surface area contributed by atoms with Crippen molar-refractivity contribution in [1.82, 2.24) is 10.6 Å². The SMILES string of the molecule is Cc1cccc([C@@H](C)CNC(=O)NC[C@@H]2CCCS2(=O)=O)c1. The topological polar surface area (TPSA) is 75.3 Å². The van der Waals surface area contributed by atoms with E-state index in [1.54, 1.807) is 0 Å². The number of carbonyl (C=O) groups is 1. The van der Waals surface area contributed by atoms with Crippen LogP contribution in [0.3, 0.4) is 0 Å². The Morgan fingerprint density at radius 1 is 1.36 bits per heavy atom. The van der Waals surface area contributed by atoms with Gasteiger partial charge in [-0.15, -0.1) is 0 Å². The number of nitrogens with one attached hydrogen (secondary N) is 2. The Hall–Kier alpha value is -1.56. The lowest BCUT2D eigenvalue weighted by Gasteiger charge is -2.15. The molecule has 6 heteroatoms. The molecule has 5 nitrogen and oxygen atoms in total. The fourth-order valence-corrected chi connectivity index (χ4v) is 4.46. The van der Waals surface area contributed by atoms with E-state index in [-0.39, 0.29) is 24.2 Å². The fourth-order valence-electron chi connectivity index (χ4n) is 2.70. The third-order valence-corrected chi connectivity index (χ3v) is 6.41. The highest BCUT2D eigenvalue weighted by Crippen LogP contribution is 2.19. The minimum Gasteiger partial charge on any atom is -0.338 e. The van der Waals surface area contributed by atoms with E-state index in [1.165, 1.54) is 11.1 Å². The van der Waals surface area contributed by atoms with Gasteiger partial charge in [0.15, 0.2) is 9.84 Å². The molecule has 0 aromatic heterocycles. The van der Waals surface area contributed by atoms with Gasteiger partial charge in [-0.1, -0.05) is 36.8 Å². The molecule has 2 atom stereocenters. The number of amides is 2. The second-order valence-corrected chi connectivity index (χ2v) is 8.44. The molecule has 1 fully saturated rings. The molecule has 1 aromatic rings. The number of benzene rings is 1. The summed E-state index contributed by atoms with van der Waals surface area (Å²) in [7, 11) is -3.00. The summed E-state index contributed by atoms with van der Waals surface area (Å²) >= 11 is 0. The summed E-state index contributed by atoms with van der Waals surface area (Å²) in [5.41, 5.74) is 2.37. The molecule has 0 bridgehead atoms. The normalized spacial score (nSPS) is 21.3. The van der Waals surface area contributed by atoms with E-state index in [4.69, 9.17) is 0 Å². The van der Waals surface area contributed by atoms with Crippen LogP contribution in [0.15, 0.2) is 24.3 Å². The molecule has 0 saturated carbocycles. The van der Waals surface area contributed by atoms with E-state index < -0.39 is 15.1 Å². The number of hydrogen-bond acceptors (Lipinski definition) is 3. The number of carbonyl (C=O) groups excluding carboxylic acids is 1. The molecular formula is C16H24N2O3S. The molecule has 22 heavy (non-hydrogen) atoms. The van der Waals surface area contributed by atoms with Crippen LogP contribution in [0.4, 0.5) is 4.79 Å². The average molecular weight is 324 g/mol. The minimum absolute atomic E-state index is 0.201. The summed E-state index contributed by atoms with van der Waals surface area (Å²) in [6.07, 6.45) is 1.34. The highest BCUT2D eigenvalue weighted by Gasteiger charge is 2.31. The standard InChI is InChI=1S/C16H24N2O3S/c1-12-5-3-6-14(9-12)13(2)10-17-16(19)18-11-15-7-4-8-22(15,20)21/h3,5-6,9,13,15H,4,7-8,10-11H2,1-2H3,(H2,17,18,19)/t13-,15-/m0/s1. The van der Waals surface area contributed by atoms with Crippen molar-refractivity contribution in [3.05, 3.63) is 35.4 Å². The van der Waals surface area contributed by atoms with Crippen molar-refractivity contribution >= 4 is 15.9 Å². The maximum absolute atomic E-state index is 11.8. The Labute approximate surface area is 132 Å². The van der Waals surface area contributed by atoms with Gasteiger partial charge in [-0.2, -0.15) is 0 Å². The van der Waals surface area contributed by atoms with Gasteiger partial charge in [0.2, 0.25) is 0 Å². The van der Waals surface area contributed by atoms with Crippen molar-refractivity contribution in [2.24, 2.45) is 0 Å². The van der Waals surface area contributed by atoms with Crippen LogP contribution >= 0.6 is 0 Å². The van der Waals surface area contributed by atoms with Crippen molar-refractivity contribution in [2.75, 3.05) is 18.8 Å². The van der Waals surface area contributed by atoms with E-state index in [0.29, 0.717) is 19.4 Å². The molecule has 2 rings (SSSR count). The molecule has 1 aromatic carbocycles. The molecule has 1 aliphatic heterocycles. The zero-order valence-corrected chi connectivity index (χ0v) is 13.9. The first-order valence-electron chi connectivity index (χ1n) is 7.68. The summed E-state index contributed by atoms with van der Waals surface area (Å²) in [4.78, 5) is 11.8. The van der Waals surface area contributed by atoms with Crippen LogP contribution in [0.25, 0.3) is 0 Å². The molecule has 2 amide bonds. The van der Waals surface area contributed by atoms with E-state index in [2.05, 4.69) is 23.6 Å². The largest absolute Gasteiger partial charge is 0.338 e. The first kappa shape index (κ1) is 16.8. The van der Waals surface area contributed by atoms with Gasteiger partial charge in [-0.25, -0.2) is 13.2 Å². The number of urea groups is 1. The number of aryl methyl sites for hydroxylation is 1. The molecule has 1 aliphatic rings. The van der Waals surface area contributed by atoms with Gasteiger partial charge < -0.3 is 10.6 Å². The van der Waals surface area contributed by atoms with Crippen molar-refractivity contribution in [2.45, 2.75) is 37.9 Å². The van der Waals surface area contributed by atoms with Gasteiger partial charge in [0.25, 0.3) is 0 Å². The molecule has 1 heterocycles. The number of hydrogen-bond donors (Lipinski definition) is 2. The highest BCUT2D eigenvalue weighted by molar-refractivity contribution is 7.92. The quantitative estimate of drug-likeness (QED) is 0.869. The molecule has 0 spiro atoms. The Morgan fingerprint density at radius 2 is 2.14 bits per heavy atom. The lowest BCUT2D eigenvalue weighted by atomic mass is 9.99. The number of rotatable bonds is 5. The monoisotopic (exact) mass is 324 g/mol. The Balaban J connectivity index is 1.76. The lowest BCUT2D eigenvalue weighted by Crippen LogP contribution is -2.42. The third kappa shape index (κ3) is 4.47. The average Bonchev–Trinajstić information content (AvgIpc) is 2.81. The third-order valence-electron chi connectivity index (χ3n) is 4.13. The molecule has 0 radical (unpaired) electrons. The van der Waals surface area contributed by atoms with Crippen molar-refractivity contribution in [1.29, 1.82) is 0 Å². The predicted molar refractivity (Wildman–Crippen MR) is 87.8 cm³/mol. The minimum atomic E-state index is -3.00. The Morgan fingerprint density at radius 3 is 2.77 bits per heavy atom. The number of sulfone groups is 1. The van der Waals surface area contributed by atoms with Gasteiger partial charge in [0.1, 0.15) is 0 Å². The molecule has 1 saturated heterocycles. The predicted octanol–water partition coefficient (Wildman–Crippen LogP) is 1.97. The zero-order valence-electron chi connectivity index (χ0n) is 13.1. The lowest BCUT2D eigenvalue weighted by molar-refractivity contribution is 0.240. The molecule has 0 aliphatic carbocycles. The van der Waals surface area contributed by atoms with Gasteiger partial charge in [-0.05, 0) is 31.2 Å². The van der Waals surface area contributed by atoms with Gasteiger partial charge in [-0.3, -0.25) is 0 Å². The summed E-state index contributed by atoms with van der Waals surface area (Å²) < 4.78 is 23.4. The second kappa shape index (κ2) is 7.13. The van der Waals surface area contributed by atoms with Crippen LogP contribution in [-0.4, -0.2) is 38.5 Å². The van der Waals surface area contributed by atoms with Gasteiger partial charge >= 0.3 is 6.03 Å². The molecule has 122 valence electrons. The van der Waals surface area contributed by atoms with Crippen LogP contribution in [-0.2, 0) is 9.84 Å². The summed E-state index contributed by atoms with van der Waals surface area (Å²) in [5.74, 6) is 0.451. The van der Waals surface area contributed by atoms with Crippen LogP contribution in [0.1, 0.15) is 36.8 Å². The van der Waals surface area contributed by atoms with Crippen molar-refractivity contribution in [3.63, 3.8) is 0 Å². The van der Waals surface area contributed by atoms with Crippen LogP contribution < -0.4 is 10.6 Å². The van der Waals surface area contributed by atoms with E-state index in [9.17, 15) is 13.2 Å². The Bertz CT molecular complexity index is 628. The fraction of sp³-hybridized carbons (Fsp3) is 0.562. The maximum Gasteiger partial charge on any atom is 0.314 e. The molecule has 2 N–H and O–H groups in total. The summed E-state index contributed by atoms with van der Waals surface area (Å²) in [6.45, 7) is 4.81. The smallest absolute Gasteiger partial charge is 0.314 e. The van der Waals surface area contributed by atoms with Crippen LogP contribution in [0, 0.1) is 6.92 Å². The maximum atomic E-state index is 11.8. The van der Waals surface area contributed by atoms with E-state index >= 15 is 0 Å². The van der Waals surface area contributed by atoms with E-state index in [0.717, 1.165) is 0 Å². The zero-order chi connectivity index (χ0) is 16.2. The summed E-state index contributed by atoms with van der Waals surface area (Å²) in [6, 6.07) is 7.89. The van der Waals surface area contributed by atoms with Crippen LogP contribution in [0.2, 0.25) is 0 Å². The van der Waals surface area contributed by atoms with Crippen molar-refractivity contribution < 1.29 is 13.2 Å². The van der Waals surface area contributed by atoms with E-state index in [1.807, 2.05) is 25.1 Å². The van der Waals surface area contributed by atoms with Crippen LogP contribution in [0.5, 0.6) is 0 Å². The Kier molecular flexibility index (Phi) is 5.45. The van der Waals surface area contributed by atoms with Gasteiger partial charge in [0, 0.05) is 13.1 Å².